The van der Waals surface area contributed by atoms with Crippen molar-refractivity contribution in [2.75, 3.05) is 13.7 Å². The van der Waals surface area contributed by atoms with Crippen molar-refractivity contribution in [1.82, 2.24) is 4.98 Å². The number of hydrogen-bond acceptors (Lipinski definition) is 5. The summed E-state index contributed by atoms with van der Waals surface area (Å²) in [6, 6.07) is 8.97. The Labute approximate surface area is 172 Å². The van der Waals surface area contributed by atoms with Gasteiger partial charge in [-0.1, -0.05) is 6.07 Å². The number of carbonyl (C=O) groups excluding carboxylic acids is 1. The van der Waals surface area contributed by atoms with E-state index >= 15 is 0 Å². The first-order valence-electron chi connectivity index (χ1n) is 9.38. The molecule has 1 atom stereocenters. The van der Waals surface area contributed by atoms with Crippen LogP contribution in [0.3, 0.4) is 0 Å². The number of halogens is 2. The fraction of sp³-hybridized carbons (Fsp3) is 0.217. The Hall–Kier alpha value is -3.48. The molecular formula is C23H19F2NO4. The van der Waals surface area contributed by atoms with Gasteiger partial charge in [0.15, 0.2) is 28.9 Å². The molecule has 1 aliphatic rings. The molecule has 0 radical (unpaired) electrons. The Morgan fingerprint density at radius 1 is 1.07 bits per heavy atom. The van der Waals surface area contributed by atoms with Crippen molar-refractivity contribution in [1.29, 1.82) is 0 Å². The van der Waals surface area contributed by atoms with Gasteiger partial charge in [0.25, 0.3) is 0 Å². The Kier molecular flexibility index (Phi) is 5.35. The van der Waals surface area contributed by atoms with Gasteiger partial charge in [0.05, 0.1) is 19.3 Å². The van der Waals surface area contributed by atoms with Crippen LogP contribution >= 0.6 is 0 Å². The van der Waals surface area contributed by atoms with Gasteiger partial charge < -0.3 is 14.2 Å². The molecule has 0 saturated carbocycles. The first-order chi connectivity index (χ1) is 14.5. The monoisotopic (exact) mass is 411 g/mol. The molecule has 0 fully saturated rings. The highest BCUT2D eigenvalue weighted by Crippen LogP contribution is 2.40. The summed E-state index contributed by atoms with van der Waals surface area (Å²) in [5.41, 5.74) is 1.71. The highest BCUT2D eigenvalue weighted by Gasteiger charge is 2.28. The van der Waals surface area contributed by atoms with Gasteiger partial charge >= 0.3 is 0 Å². The van der Waals surface area contributed by atoms with E-state index in [1.165, 1.54) is 19.2 Å². The van der Waals surface area contributed by atoms with Crippen LogP contribution in [0.4, 0.5) is 8.78 Å². The molecular weight excluding hydrogens is 392 g/mol. The maximum atomic E-state index is 15.0. The normalized spacial score (nSPS) is 13.9. The molecule has 2 aromatic carbocycles. The van der Waals surface area contributed by atoms with Crippen LogP contribution in [0.5, 0.6) is 17.2 Å². The quantitative estimate of drug-likeness (QED) is 0.603. The van der Waals surface area contributed by atoms with E-state index in [0.29, 0.717) is 22.4 Å². The molecule has 0 spiro atoms. The number of Topliss-reactive ketones (excluding diaryl/α,β-unsaturated/α-hetero) is 1. The second kappa shape index (κ2) is 8.10. The smallest absolute Gasteiger partial charge is 0.170 e. The third kappa shape index (κ3) is 3.58. The van der Waals surface area contributed by atoms with Crippen molar-refractivity contribution >= 4 is 5.78 Å². The minimum Gasteiger partial charge on any atom is -0.494 e. The predicted octanol–water partition coefficient (Wildman–Crippen LogP) is 4.81. The van der Waals surface area contributed by atoms with Crippen LogP contribution in [0, 0.1) is 18.6 Å². The van der Waals surface area contributed by atoms with Gasteiger partial charge in [0.1, 0.15) is 11.9 Å². The number of carbonyl (C=O) groups is 1. The second-order valence-corrected chi connectivity index (χ2v) is 6.88. The number of ether oxygens (including phenoxy) is 3. The first-order valence-corrected chi connectivity index (χ1v) is 9.38. The molecule has 5 nitrogen and oxygen atoms in total. The van der Waals surface area contributed by atoms with Gasteiger partial charge in [-0.15, -0.1) is 0 Å². The Morgan fingerprint density at radius 2 is 1.83 bits per heavy atom. The molecule has 0 N–H and O–H groups in total. The van der Waals surface area contributed by atoms with Crippen LogP contribution in [0.1, 0.15) is 39.6 Å². The zero-order valence-corrected chi connectivity index (χ0v) is 16.4. The lowest BCUT2D eigenvalue weighted by Crippen LogP contribution is -2.18. The number of nitrogens with zero attached hydrogens (tertiary/aromatic N) is 1. The highest BCUT2D eigenvalue weighted by molar-refractivity contribution is 6.00. The molecule has 0 bridgehead atoms. The van der Waals surface area contributed by atoms with Gasteiger partial charge in [-0.2, -0.15) is 0 Å². The zero-order chi connectivity index (χ0) is 21.3. The second-order valence-electron chi connectivity index (χ2n) is 6.88. The topological polar surface area (TPSA) is 57.7 Å². The molecule has 154 valence electrons. The first kappa shape index (κ1) is 19.8. The fourth-order valence-electron chi connectivity index (χ4n) is 3.49. The van der Waals surface area contributed by atoms with Crippen molar-refractivity contribution in [3.63, 3.8) is 0 Å². The molecule has 7 heteroatoms. The van der Waals surface area contributed by atoms with Crippen LogP contribution < -0.4 is 14.2 Å². The summed E-state index contributed by atoms with van der Waals surface area (Å²) in [6.07, 6.45) is 2.53. The van der Waals surface area contributed by atoms with E-state index in [4.69, 9.17) is 14.2 Å². The average Bonchev–Trinajstić information content (AvgIpc) is 2.75. The fourth-order valence-corrected chi connectivity index (χ4v) is 3.49. The summed E-state index contributed by atoms with van der Waals surface area (Å²) in [4.78, 5) is 16.1. The van der Waals surface area contributed by atoms with E-state index in [1.807, 2.05) is 0 Å². The van der Waals surface area contributed by atoms with Gasteiger partial charge in [0.2, 0.25) is 0 Å². The number of hydrogen-bond donors (Lipinski definition) is 0. The molecule has 0 aliphatic carbocycles. The van der Waals surface area contributed by atoms with E-state index in [-0.39, 0.29) is 35.9 Å². The minimum absolute atomic E-state index is 0.0542. The lowest BCUT2D eigenvalue weighted by molar-refractivity contribution is 0.0931. The summed E-state index contributed by atoms with van der Waals surface area (Å²) in [5, 5.41) is 0. The molecule has 1 aromatic heterocycles. The Bertz CT molecular complexity index is 1100. The maximum Gasteiger partial charge on any atom is 0.170 e. The minimum atomic E-state index is -0.820. The molecule has 0 saturated heterocycles. The molecule has 4 rings (SSSR count). The van der Waals surface area contributed by atoms with Crippen LogP contribution in [-0.4, -0.2) is 24.5 Å². The number of ketones is 1. The lowest BCUT2D eigenvalue weighted by Gasteiger charge is -2.25. The standard InChI is InChI=1S/C23H19F2NO4/c1-13-21-16(19(27)7-10-29-21)12-18(25)22(13)30-23(14-5-8-26-9-6-14)15-3-4-20(28-2)17(24)11-15/h3-6,8-9,11-12,23H,7,10H2,1-2H3/t23-/m0/s1. The molecule has 3 aromatic rings. The molecule has 1 aliphatic heterocycles. The van der Waals surface area contributed by atoms with Gasteiger partial charge in [0, 0.05) is 29.9 Å². The van der Waals surface area contributed by atoms with E-state index in [0.717, 1.165) is 6.07 Å². The van der Waals surface area contributed by atoms with Crippen LogP contribution in [0.2, 0.25) is 0 Å². The molecule has 0 amide bonds. The van der Waals surface area contributed by atoms with E-state index in [9.17, 15) is 13.6 Å². The van der Waals surface area contributed by atoms with Crippen molar-refractivity contribution in [2.24, 2.45) is 0 Å². The van der Waals surface area contributed by atoms with E-state index in [1.54, 1.807) is 37.5 Å². The van der Waals surface area contributed by atoms with Crippen LogP contribution in [0.25, 0.3) is 0 Å². The Balaban J connectivity index is 1.80. The summed E-state index contributed by atoms with van der Waals surface area (Å²) in [7, 11) is 1.38. The van der Waals surface area contributed by atoms with Gasteiger partial charge in [-0.25, -0.2) is 8.78 Å². The van der Waals surface area contributed by atoms with Crippen LogP contribution in [0.15, 0.2) is 48.8 Å². The number of benzene rings is 2. The number of rotatable bonds is 5. The van der Waals surface area contributed by atoms with Crippen molar-refractivity contribution in [3.05, 3.63) is 82.7 Å². The average molecular weight is 411 g/mol. The van der Waals surface area contributed by atoms with Crippen molar-refractivity contribution < 1.29 is 27.8 Å². The molecule has 2 heterocycles. The van der Waals surface area contributed by atoms with Gasteiger partial charge in [-0.3, -0.25) is 9.78 Å². The summed E-state index contributed by atoms with van der Waals surface area (Å²) < 4.78 is 46.0. The largest absolute Gasteiger partial charge is 0.494 e. The van der Waals surface area contributed by atoms with Crippen molar-refractivity contribution in [3.8, 4) is 17.2 Å². The SMILES string of the molecule is COc1ccc([C@@H](Oc2c(F)cc3c(c2C)OCCC3=O)c2ccncc2)cc1F. The zero-order valence-electron chi connectivity index (χ0n) is 16.4. The molecule has 0 unspecified atom stereocenters. The summed E-state index contributed by atoms with van der Waals surface area (Å²) in [6.45, 7) is 1.86. The molecule has 30 heavy (non-hydrogen) atoms. The third-order valence-electron chi connectivity index (χ3n) is 5.01. The number of fused-ring (bicyclic) bond motifs is 1. The number of pyridine rings is 1. The number of aromatic nitrogens is 1. The van der Waals surface area contributed by atoms with Gasteiger partial charge in [-0.05, 0) is 42.8 Å². The summed E-state index contributed by atoms with van der Waals surface area (Å²) >= 11 is 0. The van der Waals surface area contributed by atoms with E-state index < -0.39 is 17.7 Å². The highest BCUT2D eigenvalue weighted by atomic mass is 19.1. The van der Waals surface area contributed by atoms with E-state index in [2.05, 4.69) is 4.98 Å². The third-order valence-corrected chi connectivity index (χ3v) is 5.01. The maximum absolute atomic E-state index is 15.0. The lowest BCUT2D eigenvalue weighted by atomic mass is 9.99. The predicted molar refractivity (Wildman–Crippen MR) is 105 cm³/mol. The summed E-state index contributed by atoms with van der Waals surface area (Å²) in [5.74, 6) is -1.06. The van der Waals surface area contributed by atoms with Crippen molar-refractivity contribution in [2.45, 2.75) is 19.4 Å². The van der Waals surface area contributed by atoms with Crippen LogP contribution in [-0.2, 0) is 0 Å². The Morgan fingerprint density at radius 3 is 2.53 bits per heavy atom. The number of methoxy groups -OCH3 is 1.